The van der Waals surface area contributed by atoms with Crippen molar-refractivity contribution in [3.63, 3.8) is 0 Å². The van der Waals surface area contributed by atoms with Crippen LogP contribution in [0.5, 0.6) is 11.5 Å². The molecule has 1 atom stereocenters. The summed E-state index contributed by atoms with van der Waals surface area (Å²) < 4.78 is 17.3. The van der Waals surface area contributed by atoms with E-state index >= 15 is 0 Å². The molecule has 3 rings (SSSR count). The highest BCUT2D eigenvalue weighted by Crippen LogP contribution is 2.37. The molecule has 1 amide bonds. The molecule has 1 aromatic carbocycles. The van der Waals surface area contributed by atoms with E-state index in [1.165, 1.54) is 0 Å². The van der Waals surface area contributed by atoms with Gasteiger partial charge in [-0.15, -0.1) is 0 Å². The van der Waals surface area contributed by atoms with Crippen molar-refractivity contribution < 1.29 is 18.8 Å². The number of halogens is 1. The molecule has 0 radical (unpaired) electrons. The van der Waals surface area contributed by atoms with Crippen LogP contribution >= 0.6 is 15.9 Å². The molecule has 7 nitrogen and oxygen atoms in total. The fraction of sp³-hybridized carbons (Fsp3) is 0.526. The molecule has 0 saturated carbocycles. The van der Waals surface area contributed by atoms with Gasteiger partial charge in [-0.05, 0) is 37.5 Å². The van der Waals surface area contributed by atoms with Gasteiger partial charge in [0.1, 0.15) is 13.2 Å². The lowest BCUT2D eigenvalue weighted by Gasteiger charge is -2.22. The second-order valence-corrected chi connectivity index (χ2v) is 7.37. The van der Waals surface area contributed by atoms with E-state index in [1.54, 1.807) is 0 Å². The van der Waals surface area contributed by atoms with Gasteiger partial charge >= 0.3 is 0 Å². The number of benzene rings is 1. The number of hydrogen-bond donors (Lipinski definition) is 1. The van der Waals surface area contributed by atoms with Gasteiger partial charge in [-0.1, -0.05) is 28.0 Å². The Bertz CT molecular complexity index is 793. The molecule has 1 unspecified atom stereocenters. The summed E-state index contributed by atoms with van der Waals surface area (Å²) in [4.78, 5) is 16.6. The fourth-order valence-electron chi connectivity index (χ4n) is 2.92. The Balaban J connectivity index is 1.50. The molecule has 2 aromatic rings. The highest BCUT2D eigenvalue weighted by atomic mass is 79.9. The van der Waals surface area contributed by atoms with Gasteiger partial charge in [0.25, 0.3) is 0 Å². The Labute approximate surface area is 166 Å². The molecular formula is C19H24BrN3O4. The maximum Gasteiger partial charge on any atom is 0.226 e. The van der Waals surface area contributed by atoms with E-state index in [0.29, 0.717) is 44.1 Å². The van der Waals surface area contributed by atoms with Gasteiger partial charge in [0, 0.05) is 23.7 Å². The molecule has 2 heterocycles. The second-order valence-electron chi connectivity index (χ2n) is 6.51. The molecule has 0 fully saturated rings. The first-order chi connectivity index (χ1) is 13.1. The van der Waals surface area contributed by atoms with Crippen molar-refractivity contribution >= 4 is 21.8 Å². The smallest absolute Gasteiger partial charge is 0.226 e. The summed E-state index contributed by atoms with van der Waals surface area (Å²) >= 11 is 3.55. The van der Waals surface area contributed by atoms with E-state index in [0.717, 1.165) is 34.5 Å². The van der Waals surface area contributed by atoms with Gasteiger partial charge < -0.3 is 19.3 Å². The molecule has 8 heteroatoms. The Morgan fingerprint density at radius 1 is 1.26 bits per heavy atom. The lowest BCUT2D eigenvalue weighted by molar-refractivity contribution is -0.121. The molecule has 0 aliphatic carbocycles. The van der Waals surface area contributed by atoms with Crippen molar-refractivity contribution in [2.45, 2.75) is 52.0 Å². The van der Waals surface area contributed by atoms with Crippen LogP contribution in [0, 0.1) is 0 Å². The van der Waals surface area contributed by atoms with Crippen LogP contribution in [0.25, 0.3) is 0 Å². The Kier molecular flexibility index (Phi) is 6.71. The average molecular weight is 438 g/mol. The van der Waals surface area contributed by atoms with Crippen LogP contribution in [-0.2, 0) is 17.6 Å². The Hall–Kier alpha value is -2.09. The van der Waals surface area contributed by atoms with Gasteiger partial charge in [0.05, 0.1) is 6.04 Å². The minimum Gasteiger partial charge on any atom is -0.486 e. The predicted molar refractivity (Wildman–Crippen MR) is 103 cm³/mol. The molecule has 0 bridgehead atoms. The third-order valence-electron chi connectivity index (χ3n) is 4.28. The summed E-state index contributed by atoms with van der Waals surface area (Å²) in [5.41, 5.74) is 0.953. The van der Waals surface area contributed by atoms with Gasteiger partial charge in [-0.2, -0.15) is 4.98 Å². The first kappa shape index (κ1) is 19.7. The second kappa shape index (κ2) is 9.21. The number of carbonyl (C=O) groups is 1. The lowest BCUT2D eigenvalue weighted by atomic mass is 10.1. The van der Waals surface area contributed by atoms with Crippen LogP contribution in [0.4, 0.5) is 0 Å². The summed E-state index contributed by atoms with van der Waals surface area (Å²) in [5.74, 6) is 2.73. The van der Waals surface area contributed by atoms with Crippen LogP contribution < -0.4 is 14.8 Å². The molecule has 1 N–H and O–H groups in total. The van der Waals surface area contributed by atoms with Gasteiger partial charge in [-0.3, -0.25) is 4.79 Å². The number of nitrogens with zero attached hydrogens (tertiary/aromatic N) is 2. The maximum absolute atomic E-state index is 12.3. The first-order valence-corrected chi connectivity index (χ1v) is 10.1. The van der Waals surface area contributed by atoms with Crippen LogP contribution in [-0.4, -0.2) is 29.3 Å². The third kappa shape index (κ3) is 5.22. The first-order valence-electron chi connectivity index (χ1n) is 9.26. The monoisotopic (exact) mass is 437 g/mol. The number of amides is 1. The summed E-state index contributed by atoms with van der Waals surface area (Å²) in [7, 11) is 0. The number of aryl methyl sites for hydroxylation is 2. The highest BCUT2D eigenvalue weighted by molar-refractivity contribution is 9.10. The number of hydrogen-bond acceptors (Lipinski definition) is 6. The lowest BCUT2D eigenvalue weighted by Crippen LogP contribution is -2.27. The predicted octanol–water partition coefficient (Wildman–Crippen LogP) is 3.76. The minimum atomic E-state index is -0.151. The topological polar surface area (TPSA) is 86.5 Å². The van der Waals surface area contributed by atoms with E-state index in [-0.39, 0.29) is 11.9 Å². The zero-order chi connectivity index (χ0) is 19.2. The average Bonchev–Trinajstić information content (AvgIpc) is 3.08. The summed E-state index contributed by atoms with van der Waals surface area (Å²) in [6.07, 6.45) is 3.46. The Morgan fingerprint density at radius 2 is 2.00 bits per heavy atom. The quantitative estimate of drug-likeness (QED) is 0.676. The molecule has 1 aliphatic heterocycles. The van der Waals surface area contributed by atoms with Gasteiger partial charge in [0.15, 0.2) is 17.3 Å². The molecular weight excluding hydrogens is 414 g/mol. The Morgan fingerprint density at radius 3 is 2.74 bits per heavy atom. The summed E-state index contributed by atoms with van der Waals surface area (Å²) in [5, 5.41) is 6.95. The maximum atomic E-state index is 12.3. The molecule has 1 aliphatic rings. The van der Waals surface area contributed by atoms with Crippen molar-refractivity contribution in [3.8, 4) is 11.5 Å². The van der Waals surface area contributed by atoms with Crippen molar-refractivity contribution in [3.05, 3.63) is 33.9 Å². The summed E-state index contributed by atoms with van der Waals surface area (Å²) in [6, 6.07) is 3.65. The van der Waals surface area contributed by atoms with E-state index in [4.69, 9.17) is 14.0 Å². The molecule has 27 heavy (non-hydrogen) atoms. The molecule has 1 aromatic heterocycles. The number of carbonyl (C=O) groups excluding carboxylic acids is 1. The normalized spacial score (nSPS) is 14.0. The number of fused-ring (bicyclic) bond motifs is 1. The third-order valence-corrected chi connectivity index (χ3v) is 4.97. The van der Waals surface area contributed by atoms with Crippen LogP contribution in [0.1, 0.15) is 56.4 Å². The number of nitrogens with one attached hydrogen (secondary N) is 1. The van der Waals surface area contributed by atoms with E-state index in [2.05, 4.69) is 38.3 Å². The zero-order valence-electron chi connectivity index (χ0n) is 15.6. The molecule has 0 saturated heterocycles. The van der Waals surface area contributed by atoms with E-state index < -0.39 is 0 Å². The van der Waals surface area contributed by atoms with E-state index in [1.807, 2.05) is 19.1 Å². The van der Waals surface area contributed by atoms with Gasteiger partial charge in [-0.25, -0.2) is 0 Å². The standard InChI is InChI=1S/C19H24BrN3O4/c1-3-5-17-22-19(27-23-17)7-4-6-18(24)21-12(2)13-10-15-16(11-14(13)20)26-9-8-25-15/h10-12H,3-9H2,1-2H3,(H,21,24). The molecule has 146 valence electrons. The van der Waals surface area contributed by atoms with Crippen LogP contribution in [0.3, 0.4) is 0 Å². The van der Waals surface area contributed by atoms with Crippen molar-refractivity contribution in [1.82, 2.24) is 15.5 Å². The SMILES string of the molecule is CCCc1noc(CCCC(=O)NC(C)c2cc3c(cc2Br)OCCO3)n1. The number of aromatic nitrogens is 2. The van der Waals surface area contributed by atoms with E-state index in [9.17, 15) is 4.79 Å². The van der Waals surface area contributed by atoms with Gasteiger partial charge in [0.2, 0.25) is 11.8 Å². The van der Waals surface area contributed by atoms with Crippen molar-refractivity contribution in [1.29, 1.82) is 0 Å². The zero-order valence-corrected chi connectivity index (χ0v) is 17.2. The van der Waals surface area contributed by atoms with Crippen molar-refractivity contribution in [2.24, 2.45) is 0 Å². The van der Waals surface area contributed by atoms with Crippen LogP contribution in [0.15, 0.2) is 21.1 Å². The largest absolute Gasteiger partial charge is 0.486 e. The van der Waals surface area contributed by atoms with Crippen molar-refractivity contribution in [2.75, 3.05) is 13.2 Å². The minimum absolute atomic E-state index is 0.0161. The highest BCUT2D eigenvalue weighted by Gasteiger charge is 2.19. The summed E-state index contributed by atoms with van der Waals surface area (Å²) in [6.45, 7) is 5.10. The fourth-order valence-corrected chi connectivity index (χ4v) is 3.59. The molecule has 0 spiro atoms. The number of rotatable bonds is 8. The number of ether oxygens (including phenoxy) is 2. The van der Waals surface area contributed by atoms with Crippen LogP contribution in [0.2, 0.25) is 0 Å².